The number of aliphatic carboxylic acids is 1. The molecular weight excluding hydrogens is 208 g/mol. The first kappa shape index (κ1) is 14.7. The fraction of sp³-hybridized carbons (Fsp3) is 0.818. The third-order valence-electron chi connectivity index (χ3n) is 2.90. The molecule has 0 saturated heterocycles. The van der Waals surface area contributed by atoms with Crippen molar-refractivity contribution in [1.82, 2.24) is 10.2 Å². The average Bonchev–Trinajstić information content (AvgIpc) is 2.22. The van der Waals surface area contributed by atoms with E-state index in [-0.39, 0.29) is 12.1 Å². The minimum atomic E-state index is -0.999. The maximum absolute atomic E-state index is 11.7. The van der Waals surface area contributed by atoms with Crippen LogP contribution in [-0.2, 0) is 4.79 Å². The van der Waals surface area contributed by atoms with Gasteiger partial charge in [-0.25, -0.2) is 9.59 Å². The Balaban J connectivity index is 4.40. The van der Waals surface area contributed by atoms with Gasteiger partial charge in [-0.15, -0.1) is 0 Å². The number of carboxylic acid groups (broad SMARTS) is 1. The van der Waals surface area contributed by atoms with Gasteiger partial charge in [0.15, 0.2) is 0 Å². The molecule has 0 aromatic rings. The van der Waals surface area contributed by atoms with Crippen molar-refractivity contribution in [3.05, 3.63) is 0 Å². The van der Waals surface area contributed by atoms with Crippen LogP contribution in [0.2, 0.25) is 0 Å². The lowest BCUT2D eigenvalue weighted by Gasteiger charge is -2.29. The highest BCUT2D eigenvalue weighted by Gasteiger charge is 2.23. The van der Waals surface area contributed by atoms with E-state index in [1.165, 1.54) is 4.90 Å². The minimum absolute atomic E-state index is 0.0753. The van der Waals surface area contributed by atoms with Gasteiger partial charge in [0.25, 0.3) is 0 Å². The van der Waals surface area contributed by atoms with Crippen LogP contribution in [0.1, 0.15) is 34.1 Å². The lowest BCUT2D eigenvalue weighted by atomic mass is 10.1. The molecule has 1 unspecified atom stereocenters. The summed E-state index contributed by atoms with van der Waals surface area (Å²) in [4.78, 5) is 24.0. The van der Waals surface area contributed by atoms with E-state index in [9.17, 15) is 9.59 Å². The number of carbonyl (C=O) groups excluding carboxylic acids is 1. The predicted octanol–water partition coefficient (Wildman–Crippen LogP) is 1.54. The van der Waals surface area contributed by atoms with Crippen LogP contribution in [0.4, 0.5) is 4.79 Å². The highest BCUT2D eigenvalue weighted by Crippen LogP contribution is 2.08. The van der Waals surface area contributed by atoms with E-state index in [0.717, 1.165) is 0 Å². The molecule has 16 heavy (non-hydrogen) atoms. The van der Waals surface area contributed by atoms with Gasteiger partial charge in [0, 0.05) is 13.1 Å². The molecule has 0 aliphatic carbocycles. The van der Waals surface area contributed by atoms with Gasteiger partial charge in [0.2, 0.25) is 0 Å². The quantitative estimate of drug-likeness (QED) is 0.752. The molecule has 0 spiro atoms. The molecular formula is C11H22N2O3. The normalized spacial score (nSPS) is 14.4. The van der Waals surface area contributed by atoms with Crippen LogP contribution in [-0.4, -0.2) is 41.1 Å². The first-order valence-corrected chi connectivity index (χ1v) is 5.57. The monoisotopic (exact) mass is 230 g/mol. The molecule has 2 amide bonds. The zero-order valence-corrected chi connectivity index (χ0v) is 10.7. The van der Waals surface area contributed by atoms with Gasteiger partial charge in [0.1, 0.15) is 6.04 Å². The van der Waals surface area contributed by atoms with Crippen molar-refractivity contribution in [1.29, 1.82) is 0 Å². The van der Waals surface area contributed by atoms with E-state index >= 15 is 0 Å². The molecule has 0 heterocycles. The Hall–Kier alpha value is -1.26. The van der Waals surface area contributed by atoms with Crippen LogP contribution in [0.15, 0.2) is 0 Å². The number of carboxylic acids is 1. The number of nitrogens with one attached hydrogen (secondary N) is 1. The van der Waals surface area contributed by atoms with Crippen LogP contribution < -0.4 is 5.32 Å². The second-order valence-corrected chi connectivity index (χ2v) is 4.34. The average molecular weight is 230 g/mol. The SMILES string of the molecule is CC[C@H](NC(=O)N(C)C(C)C(C)C)C(=O)O. The van der Waals surface area contributed by atoms with Crippen molar-refractivity contribution in [2.45, 2.75) is 46.2 Å². The molecule has 5 nitrogen and oxygen atoms in total. The van der Waals surface area contributed by atoms with E-state index < -0.39 is 12.0 Å². The molecule has 0 fully saturated rings. The highest BCUT2D eigenvalue weighted by atomic mass is 16.4. The standard InChI is InChI=1S/C11H22N2O3/c1-6-9(10(14)15)12-11(16)13(5)8(4)7(2)3/h7-9H,6H2,1-5H3,(H,12,16)(H,14,15)/t8?,9-/m0/s1. The number of urea groups is 1. The van der Waals surface area contributed by atoms with Gasteiger partial charge in [-0.2, -0.15) is 0 Å². The lowest BCUT2D eigenvalue weighted by molar-refractivity contribution is -0.139. The molecule has 0 radical (unpaired) electrons. The van der Waals surface area contributed by atoms with Crippen molar-refractivity contribution in [2.24, 2.45) is 5.92 Å². The maximum atomic E-state index is 11.7. The molecule has 0 bridgehead atoms. The first-order valence-electron chi connectivity index (χ1n) is 5.57. The molecule has 0 aromatic heterocycles. The van der Waals surface area contributed by atoms with Gasteiger partial charge < -0.3 is 15.3 Å². The Morgan fingerprint density at radius 3 is 2.12 bits per heavy atom. The van der Waals surface area contributed by atoms with Crippen molar-refractivity contribution in [3.8, 4) is 0 Å². The molecule has 0 aliphatic rings. The maximum Gasteiger partial charge on any atom is 0.326 e. The molecule has 5 heteroatoms. The van der Waals surface area contributed by atoms with Crippen molar-refractivity contribution in [2.75, 3.05) is 7.05 Å². The van der Waals surface area contributed by atoms with E-state index in [1.54, 1.807) is 14.0 Å². The zero-order valence-electron chi connectivity index (χ0n) is 10.7. The van der Waals surface area contributed by atoms with Gasteiger partial charge in [-0.05, 0) is 19.3 Å². The molecule has 2 atom stereocenters. The van der Waals surface area contributed by atoms with Crippen molar-refractivity contribution in [3.63, 3.8) is 0 Å². The summed E-state index contributed by atoms with van der Waals surface area (Å²) in [5, 5.41) is 11.3. The second-order valence-electron chi connectivity index (χ2n) is 4.34. The van der Waals surface area contributed by atoms with Crippen LogP contribution in [0.25, 0.3) is 0 Å². The molecule has 2 N–H and O–H groups in total. The fourth-order valence-electron chi connectivity index (χ4n) is 1.22. The largest absolute Gasteiger partial charge is 0.480 e. The van der Waals surface area contributed by atoms with Crippen molar-refractivity contribution < 1.29 is 14.7 Å². The molecule has 0 aliphatic heterocycles. The summed E-state index contributed by atoms with van der Waals surface area (Å²) >= 11 is 0. The number of amides is 2. The lowest BCUT2D eigenvalue weighted by Crippen LogP contribution is -2.50. The number of hydrogen-bond acceptors (Lipinski definition) is 2. The van der Waals surface area contributed by atoms with Gasteiger partial charge in [-0.1, -0.05) is 20.8 Å². The fourth-order valence-corrected chi connectivity index (χ4v) is 1.22. The smallest absolute Gasteiger partial charge is 0.326 e. The molecule has 0 rings (SSSR count). The summed E-state index contributed by atoms with van der Waals surface area (Å²) in [6.45, 7) is 7.70. The third kappa shape index (κ3) is 4.08. The van der Waals surface area contributed by atoms with Crippen LogP contribution in [0.3, 0.4) is 0 Å². The third-order valence-corrected chi connectivity index (χ3v) is 2.90. The van der Waals surface area contributed by atoms with E-state index in [4.69, 9.17) is 5.11 Å². The summed E-state index contributed by atoms with van der Waals surface area (Å²) in [5.74, 6) is -0.665. The van der Waals surface area contributed by atoms with E-state index in [2.05, 4.69) is 5.32 Å². The Kier molecular flexibility index (Phi) is 5.85. The van der Waals surface area contributed by atoms with Crippen LogP contribution >= 0.6 is 0 Å². The Labute approximate surface area is 96.8 Å². The summed E-state index contributed by atoms with van der Waals surface area (Å²) in [6, 6.07) is -1.07. The summed E-state index contributed by atoms with van der Waals surface area (Å²) in [6.07, 6.45) is 0.380. The second kappa shape index (κ2) is 6.35. The number of carbonyl (C=O) groups is 2. The Bertz CT molecular complexity index is 254. The predicted molar refractivity (Wildman–Crippen MR) is 62.3 cm³/mol. The number of rotatable bonds is 5. The van der Waals surface area contributed by atoms with Gasteiger partial charge >= 0.3 is 12.0 Å². The first-order chi connectivity index (χ1) is 7.31. The van der Waals surface area contributed by atoms with E-state index in [0.29, 0.717) is 12.3 Å². The topological polar surface area (TPSA) is 69.6 Å². The van der Waals surface area contributed by atoms with Crippen molar-refractivity contribution >= 4 is 12.0 Å². The van der Waals surface area contributed by atoms with Crippen LogP contribution in [0, 0.1) is 5.92 Å². The molecule has 94 valence electrons. The summed E-state index contributed by atoms with van der Waals surface area (Å²) < 4.78 is 0. The Morgan fingerprint density at radius 2 is 1.81 bits per heavy atom. The number of hydrogen-bond donors (Lipinski definition) is 2. The summed E-state index contributed by atoms with van der Waals surface area (Å²) in [5.41, 5.74) is 0. The van der Waals surface area contributed by atoms with Gasteiger partial charge in [0.05, 0.1) is 0 Å². The highest BCUT2D eigenvalue weighted by molar-refractivity contribution is 5.82. The van der Waals surface area contributed by atoms with Gasteiger partial charge in [-0.3, -0.25) is 0 Å². The number of nitrogens with zero attached hydrogens (tertiary/aromatic N) is 1. The molecule has 0 saturated carbocycles. The minimum Gasteiger partial charge on any atom is -0.480 e. The molecule has 0 aromatic carbocycles. The summed E-state index contributed by atoms with van der Waals surface area (Å²) in [7, 11) is 1.68. The zero-order chi connectivity index (χ0) is 12.9. The van der Waals surface area contributed by atoms with E-state index in [1.807, 2.05) is 20.8 Å². The Morgan fingerprint density at radius 1 is 1.31 bits per heavy atom. The van der Waals surface area contributed by atoms with Crippen LogP contribution in [0.5, 0.6) is 0 Å².